The smallest absolute Gasteiger partial charge is 0.334 e. The van der Waals surface area contributed by atoms with E-state index >= 15 is 0 Å². The quantitative estimate of drug-likeness (QED) is 0.899. The lowest BCUT2D eigenvalue weighted by Crippen LogP contribution is -2.49. The molecule has 1 aliphatic heterocycles. The van der Waals surface area contributed by atoms with Crippen molar-refractivity contribution in [1.29, 1.82) is 0 Å². The third kappa shape index (κ3) is 3.57. The van der Waals surface area contributed by atoms with E-state index in [0.717, 1.165) is 11.3 Å². The van der Waals surface area contributed by atoms with Crippen molar-refractivity contribution in [3.05, 3.63) is 48.3 Å². The predicted molar refractivity (Wildman–Crippen MR) is 81.2 cm³/mol. The predicted octanol–water partition coefficient (Wildman–Crippen LogP) is 0.727. The average Bonchev–Trinajstić information content (AvgIpc) is 3.10. The number of hydrogen-bond acceptors (Lipinski definition) is 4. The van der Waals surface area contributed by atoms with Crippen LogP contribution in [0.5, 0.6) is 0 Å². The lowest BCUT2D eigenvalue weighted by atomic mass is 10.1. The third-order valence-corrected chi connectivity index (χ3v) is 3.76. The van der Waals surface area contributed by atoms with Crippen LogP contribution in [-0.2, 0) is 20.7 Å². The molecule has 0 bridgehead atoms. The molecule has 0 radical (unpaired) electrons. The molecule has 0 spiro atoms. The van der Waals surface area contributed by atoms with Crippen molar-refractivity contribution >= 4 is 11.9 Å². The number of carbonyl (C=O) groups excluding carboxylic acids is 1. The lowest BCUT2D eigenvalue weighted by Gasteiger charge is -2.31. The third-order valence-electron chi connectivity index (χ3n) is 3.76. The number of rotatable bonds is 4. The van der Waals surface area contributed by atoms with E-state index in [0.29, 0.717) is 6.54 Å². The fraction of sp³-hybridized carbons (Fsp3) is 0.312. The van der Waals surface area contributed by atoms with Gasteiger partial charge in [-0.3, -0.25) is 4.79 Å². The number of aliphatic carboxylic acids is 1. The number of carboxylic acid groups (broad SMARTS) is 1. The van der Waals surface area contributed by atoms with Crippen LogP contribution in [0.4, 0.5) is 0 Å². The summed E-state index contributed by atoms with van der Waals surface area (Å²) in [6.45, 7) is 0.772. The van der Waals surface area contributed by atoms with Gasteiger partial charge in [0.05, 0.1) is 25.3 Å². The van der Waals surface area contributed by atoms with E-state index in [4.69, 9.17) is 9.84 Å². The highest BCUT2D eigenvalue weighted by Crippen LogP contribution is 2.12. The first-order chi connectivity index (χ1) is 11.1. The molecule has 120 valence electrons. The second-order valence-corrected chi connectivity index (χ2v) is 5.33. The summed E-state index contributed by atoms with van der Waals surface area (Å²) in [5, 5.41) is 13.1. The molecule has 1 aromatic heterocycles. The average molecular weight is 315 g/mol. The first-order valence-corrected chi connectivity index (χ1v) is 7.34. The Morgan fingerprint density at radius 1 is 1.30 bits per heavy atom. The van der Waals surface area contributed by atoms with Crippen molar-refractivity contribution in [2.45, 2.75) is 12.5 Å². The van der Waals surface area contributed by atoms with Crippen LogP contribution in [0, 0.1) is 0 Å². The first-order valence-electron chi connectivity index (χ1n) is 7.34. The molecule has 0 saturated carbocycles. The number of morpholine rings is 1. The van der Waals surface area contributed by atoms with Gasteiger partial charge < -0.3 is 14.7 Å². The number of benzene rings is 1. The van der Waals surface area contributed by atoms with Gasteiger partial charge in [0, 0.05) is 18.9 Å². The molecule has 1 saturated heterocycles. The lowest BCUT2D eigenvalue weighted by molar-refractivity contribution is -0.159. The normalized spacial score (nSPS) is 17.9. The van der Waals surface area contributed by atoms with E-state index in [1.165, 1.54) is 0 Å². The van der Waals surface area contributed by atoms with Crippen molar-refractivity contribution in [2.24, 2.45) is 0 Å². The van der Waals surface area contributed by atoms with E-state index in [-0.39, 0.29) is 25.5 Å². The van der Waals surface area contributed by atoms with Gasteiger partial charge in [0.15, 0.2) is 6.10 Å². The van der Waals surface area contributed by atoms with E-state index in [2.05, 4.69) is 5.10 Å². The van der Waals surface area contributed by atoms with Gasteiger partial charge in [-0.25, -0.2) is 9.48 Å². The molecule has 23 heavy (non-hydrogen) atoms. The number of ether oxygens (including phenoxy) is 1. The molecule has 2 aromatic rings. The summed E-state index contributed by atoms with van der Waals surface area (Å²) in [6.07, 6.45) is 2.86. The summed E-state index contributed by atoms with van der Waals surface area (Å²) < 4.78 is 6.87. The Balaban J connectivity index is 1.62. The molecule has 1 aromatic carbocycles. The highest BCUT2D eigenvalue weighted by atomic mass is 16.5. The zero-order chi connectivity index (χ0) is 16.2. The molecule has 2 heterocycles. The van der Waals surface area contributed by atoms with Gasteiger partial charge >= 0.3 is 5.97 Å². The maximum Gasteiger partial charge on any atom is 0.334 e. The van der Waals surface area contributed by atoms with Gasteiger partial charge in [0.25, 0.3) is 0 Å². The highest BCUT2D eigenvalue weighted by molar-refractivity contribution is 5.80. The molecule has 1 amide bonds. The van der Waals surface area contributed by atoms with Crippen molar-refractivity contribution in [3.63, 3.8) is 0 Å². The summed E-state index contributed by atoms with van der Waals surface area (Å²) in [5.74, 6) is -1.13. The van der Waals surface area contributed by atoms with Crippen LogP contribution in [-0.4, -0.2) is 57.5 Å². The van der Waals surface area contributed by atoms with Crippen molar-refractivity contribution in [3.8, 4) is 5.69 Å². The van der Waals surface area contributed by atoms with Gasteiger partial charge in [-0.05, 0) is 23.8 Å². The molecule has 1 fully saturated rings. The number of aromatic nitrogens is 2. The molecule has 7 heteroatoms. The van der Waals surface area contributed by atoms with Gasteiger partial charge in [-0.1, -0.05) is 12.1 Å². The Kier molecular flexibility index (Phi) is 4.38. The molecule has 1 N–H and O–H groups in total. The van der Waals surface area contributed by atoms with Crippen LogP contribution in [0.25, 0.3) is 5.69 Å². The number of hydrogen-bond donors (Lipinski definition) is 1. The van der Waals surface area contributed by atoms with Crippen LogP contribution in [0.15, 0.2) is 42.7 Å². The molecular formula is C16H17N3O4. The van der Waals surface area contributed by atoms with E-state index in [9.17, 15) is 9.59 Å². The molecular weight excluding hydrogens is 298 g/mol. The minimum Gasteiger partial charge on any atom is -0.479 e. The van der Waals surface area contributed by atoms with E-state index < -0.39 is 12.1 Å². The number of carboxylic acids is 1. The van der Waals surface area contributed by atoms with E-state index in [1.807, 2.05) is 36.5 Å². The Morgan fingerprint density at radius 2 is 2.09 bits per heavy atom. The van der Waals surface area contributed by atoms with Crippen molar-refractivity contribution < 1.29 is 19.4 Å². The maximum absolute atomic E-state index is 12.3. The minimum absolute atomic E-state index is 0.0913. The second kappa shape index (κ2) is 6.62. The van der Waals surface area contributed by atoms with Gasteiger partial charge in [0.2, 0.25) is 5.91 Å². The molecule has 0 aliphatic carbocycles. The molecule has 3 rings (SSSR count). The number of nitrogens with zero attached hydrogens (tertiary/aromatic N) is 3. The molecule has 1 aliphatic rings. The Morgan fingerprint density at radius 3 is 2.74 bits per heavy atom. The summed E-state index contributed by atoms with van der Waals surface area (Å²) in [4.78, 5) is 24.8. The minimum atomic E-state index is -1.04. The molecule has 7 nitrogen and oxygen atoms in total. The Labute approximate surface area is 133 Å². The second-order valence-electron chi connectivity index (χ2n) is 5.33. The first kappa shape index (κ1) is 15.2. The van der Waals surface area contributed by atoms with Gasteiger partial charge in [-0.2, -0.15) is 5.10 Å². The van der Waals surface area contributed by atoms with E-state index in [1.54, 1.807) is 15.8 Å². The molecule has 1 atom stereocenters. The highest BCUT2D eigenvalue weighted by Gasteiger charge is 2.28. The monoisotopic (exact) mass is 315 g/mol. The topological polar surface area (TPSA) is 84.7 Å². The van der Waals surface area contributed by atoms with Crippen LogP contribution in [0.1, 0.15) is 5.56 Å². The van der Waals surface area contributed by atoms with Gasteiger partial charge in [-0.15, -0.1) is 0 Å². The van der Waals surface area contributed by atoms with Crippen LogP contribution in [0.2, 0.25) is 0 Å². The Bertz CT molecular complexity index is 682. The summed E-state index contributed by atoms with van der Waals surface area (Å²) in [5.41, 5.74) is 1.80. The fourth-order valence-corrected chi connectivity index (χ4v) is 2.50. The summed E-state index contributed by atoms with van der Waals surface area (Å²) in [7, 11) is 0. The standard InChI is InChI=1S/C16H17N3O4/c20-15(18-8-9-23-14(11-18)16(21)22)10-12-2-4-13(5-3-12)19-7-1-6-17-19/h1-7,14H,8-11H2,(H,21,22). The summed E-state index contributed by atoms with van der Waals surface area (Å²) >= 11 is 0. The van der Waals surface area contributed by atoms with Crippen LogP contribution >= 0.6 is 0 Å². The van der Waals surface area contributed by atoms with Gasteiger partial charge in [0.1, 0.15) is 0 Å². The summed E-state index contributed by atoms with van der Waals surface area (Å²) in [6, 6.07) is 9.40. The SMILES string of the molecule is O=C(O)C1CN(C(=O)Cc2ccc(-n3cccn3)cc2)CCO1. The number of carbonyl (C=O) groups is 2. The maximum atomic E-state index is 12.3. The fourth-order valence-electron chi connectivity index (χ4n) is 2.50. The van der Waals surface area contributed by atoms with Crippen molar-refractivity contribution in [1.82, 2.24) is 14.7 Å². The van der Waals surface area contributed by atoms with Crippen LogP contribution < -0.4 is 0 Å². The Hall–Kier alpha value is -2.67. The largest absolute Gasteiger partial charge is 0.479 e. The molecule has 1 unspecified atom stereocenters. The van der Waals surface area contributed by atoms with Crippen molar-refractivity contribution in [2.75, 3.05) is 19.7 Å². The van der Waals surface area contributed by atoms with Crippen LogP contribution in [0.3, 0.4) is 0 Å². The zero-order valence-electron chi connectivity index (χ0n) is 12.5. The zero-order valence-corrected chi connectivity index (χ0v) is 12.5. The number of amides is 1.